The molecule has 1 aliphatic rings. The number of rotatable bonds is 3. The van der Waals surface area contributed by atoms with Gasteiger partial charge >= 0.3 is 6.18 Å². The molecule has 0 amide bonds. The highest BCUT2D eigenvalue weighted by molar-refractivity contribution is 6.30. The molecule has 0 aliphatic carbocycles. The topological polar surface area (TPSA) is 78.9 Å². The van der Waals surface area contributed by atoms with E-state index in [2.05, 4.69) is 10.1 Å². The SMILES string of the molecule is Cc1noc2c1-c1ccccc1C(c1ccc(Cl)cc1)=NC2CC(O)(O)C(F)(F)F. The molecule has 1 unspecified atom stereocenters. The lowest BCUT2D eigenvalue weighted by molar-refractivity contribution is -0.352. The zero-order chi connectivity index (χ0) is 21.7. The van der Waals surface area contributed by atoms with E-state index in [1.54, 1.807) is 55.5 Å². The Balaban J connectivity index is 1.95. The summed E-state index contributed by atoms with van der Waals surface area (Å²) in [5.41, 5.74) is 3.28. The van der Waals surface area contributed by atoms with Gasteiger partial charge in [-0.25, -0.2) is 0 Å². The molecule has 0 fully saturated rings. The first-order valence-corrected chi connectivity index (χ1v) is 9.37. The first-order chi connectivity index (χ1) is 14.1. The van der Waals surface area contributed by atoms with Gasteiger partial charge in [0.25, 0.3) is 5.79 Å². The van der Waals surface area contributed by atoms with Crippen molar-refractivity contribution in [1.29, 1.82) is 0 Å². The number of aliphatic imine (C=N–C) groups is 1. The maximum absolute atomic E-state index is 13.2. The Morgan fingerprint density at radius 1 is 1.03 bits per heavy atom. The molecule has 0 saturated heterocycles. The second kappa shape index (κ2) is 7.23. The van der Waals surface area contributed by atoms with Crippen LogP contribution in [0.1, 0.15) is 35.0 Å². The first-order valence-electron chi connectivity index (χ1n) is 8.99. The fourth-order valence-corrected chi connectivity index (χ4v) is 3.62. The highest BCUT2D eigenvalue weighted by Gasteiger charge is 2.54. The van der Waals surface area contributed by atoms with Gasteiger partial charge in [-0.1, -0.05) is 53.2 Å². The van der Waals surface area contributed by atoms with E-state index in [-0.39, 0.29) is 5.76 Å². The Kier molecular flexibility index (Phi) is 4.96. The van der Waals surface area contributed by atoms with Gasteiger partial charge in [0, 0.05) is 22.6 Å². The van der Waals surface area contributed by atoms with Crippen molar-refractivity contribution in [2.45, 2.75) is 31.3 Å². The van der Waals surface area contributed by atoms with Gasteiger partial charge in [0.15, 0.2) is 5.76 Å². The van der Waals surface area contributed by atoms with Crippen molar-refractivity contribution < 1.29 is 27.9 Å². The highest BCUT2D eigenvalue weighted by Crippen LogP contribution is 2.44. The van der Waals surface area contributed by atoms with Crippen molar-refractivity contribution in [3.8, 4) is 11.1 Å². The summed E-state index contributed by atoms with van der Waals surface area (Å²) in [5.74, 6) is -3.92. The van der Waals surface area contributed by atoms with Gasteiger partial charge in [0.05, 0.1) is 17.0 Å². The molecule has 2 aromatic carbocycles. The van der Waals surface area contributed by atoms with Gasteiger partial charge in [-0.15, -0.1) is 0 Å². The van der Waals surface area contributed by atoms with E-state index in [9.17, 15) is 23.4 Å². The molecular formula is C21H16ClF3N2O3. The lowest BCUT2D eigenvalue weighted by atomic mass is 9.92. The van der Waals surface area contributed by atoms with Crippen LogP contribution in [0.15, 0.2) is 58.0 Å². The van der Waals surface area contributed by atoms with Crippen LogP contribution < -0.4 is 0 Å². The molecule has 3 aromatic rings. The maximum Gasteiger partial charge on any atom is 0.442 e. The van der Waals surface area contributed by atoms with E-state index in [1.807, 2.05) is 0 Å². The summed E-state index contributed by atoms with van der Waals surface area (Å²) in [5, 5.41) is 23.8. The van der Waals surface area contributed by atoms with Crippen LogP contribution in [0.3, 0.4) is 0 Å². The summed E-state index contributed by atoms with van der Waals surface area (Å²) in [4.78, 5) is 4.49. The summed E-state index contributed by atoms with van der Waals surface area (Å²) in [7, 11) is 0. The normalized spacial score (nSPS) is 16.5. The van der Waals surface area contributed by atoms with Crippen molar-refractivity contribution in [2.75, 3.05) is 0 Å². The monoisotopic (exact) mass is 436 g/mol. The van der Waals surface area contributed by atoms with Crippen LogP contribution in [0.2, 0.25) is 5.02 Å². The molecule has 5 nitrogen and oxygen atoms in total. The van der Waals surface area contributed by atoms with Crippen molar-refractivity contribution in [3.05, 3.63) is 76.1 Å². The van der Waals surface area contributed by atoms with Crippen LogP contribution >= 0.6 is 11.6 Å². The summed E-state index contributed by atoms with van der Waals surface area (Å²) in [6, 6.07) is 12.5. The highest BCUT2D eigenvalue weighted by atomic mass is 35.5. The molecule has 2 heterocycles. The average Bonchev–Trinajstić information content (AvgIpc) is 3.00. The molecule has 1 aromatic heterocycles. The minimum atomic E-state index is -5.27. The largest absolute Gasteiger partial charge is 0.442 e. The molecule has 9 heteroatoms. The lowest BCUT2D eigenvalue weighted by Gasteiger charge is -2.26. The Bertz CT molecular complexity index is 1120. The number of aliphatic hydroxyl groups is 2. The van der Waals surface area contributed by atoms with Crippen LogP contribution in [0.5, 0.6) is 0 Å². The molecule has 1 aliphatic heterocycles. The van der Waals surface area contributed by atoms with Crippen molar-refractivity contribution in [3.63, 3.8) is 0 Å². The van der Waals surface area contributed by atoms with Gasteiger partial charge in [-0.05, 0) is 24.6 Å². The number of nitrogens with zero attached hydrogens (tertiary/aromatic N) is 2. The van der Waals surface area contributed by atoms with E-state index in [4.69, 9.17) is 16.1 Å². The fraction of sp³-hybridized carbons (Fsp3) is 0.238. The standard InChI is InChI=1S/C21H16ClF3N2O3/c1-11-17-14-4-2-3-5-15(14)18(12-6-8-13(22)9-7-12)26-16(19(17)30-27-11)10-20(28,29)21(23,24)25/h2-9,16,28-29H,10H2,1H3. The molecule has 30 heavy (non-hydrogen) atoms. The van der Waals surface area contributed by atoms with Crippen LogP contribution in [0.25, 0.3) is 11.1 Å². The van der Waals surface area contributed by atoms with Gasteiger partial charge in [0.2, 0.25) is 0 Å². The van der Waals surface area contributed by atoms with Crippen molar-refractivity contribution >= 4 is 17.3 Å². The Morgan fingerprint density at radius 3 is 2.30 bits per heavy atom. The van der Waals surface area contributed by atoms with Crippen molar-refractivity contribution in [1.82, 2.24) is 5.16 Å². The molecular weight excluding hydrogens is 421 g/mol. The van der Waals surface area contributed by atoms with E-state index in [1.165, 1.54) is 0 Å². The molecule has 4 rings (SSSR count). The molecule has 2 N–H and O–H groups in total. The van der Waals surface area contributed by atoms with E-state index >= 15 is 0 Å². The molecule has 156 valence electrons. The summed E-state index contributed by atoms with van der Waals surface area (Å²) in [6.45, 7) is 1.67. The van der Waals surface area contributed by atoms with Crippen LogP contribution in [0.4, 0.5) is 13.2 Å². The van der Waals surface area contributed by atoms with Crippen LogP contribution in [0, 0.1) is 6.92 Å². The third-order valence-electron chi connectivity index (χ3n) is 4.98. The molecule has 1 atom stereocenters. The predicted molar refractivity (Wildman–Crippen MR) is 104 cm³/mol. The Hall–Kier alpha value is -2.68. The van der Waals surface area contributed by atoms with Crippen LogP contribution in [-0.2, 0) is 0 Å². The van der Waals surface area contributed by atoms with Gasteiger partial charge in [-0.2, -0.15) is 13.2 Å². The van der Waals surface area contributed by atoms with E-state index in [0.29, 0.717) is 38.7 Å². The minimum absolute atomic E-state index is 0.0423. The zero-order valence-corrected chi connectivity index (χ0v) is 16.4. The molecule has 0 saturated carbocycles. The number of aryl methyl sites for hydroxylation is 1. The zero-order valence-electron chi connectivity index (χ0n) is 15.6. The number of hydrogen-bond acceptors (Lipinski definition) is 5. The quantitative estimate of drug-likeness (QED) is 0.576. The Morgan fingerprint density at radius 2 is 1.67 bits per heavy atom. The number of aromatic nitrogens is 1. The Labute approximate surface area is 174 Å². The summed E-state index contributed by atoms with van der Waals surface area (Å²) >= 11 is 5.97. The van der Waals surface area contributed by atoms with Gasteiger partial charge in [0.1, 0.15) is 6.04 Å². The number of benzene rings is 2. The number of fused-ring (bicyclic) bond motifs is 3. The average molecular weight is 437 g/mol. The minimum Gasteiger partial charge on any atom is -0.359 e. The first kappa shape index (κ1) is 20.6. The van der Waals surface area contributed by atoms with E-state index in [0.717, 1.165) is 0 Å². The third kappa shape index (κ3) is 3.51. The number of alkyl halides is 3. The van der Waals surface area contributed by atoms with Gasteiger partial charge < -0.3 is 14.7 Å². The third-order valence-corrected chi connectivity index (χ3v) is 5.23. The smallest absolute Gasteiger partial charge is 0.359 e. The fourth-order valence-electron chi connectivity index (χ4n) is 3.50. The molecule has 0 bridgehead atoms. The van der Waals surface area contributed by atoms with Gasteiger partial charge in [-0.3, -0.25) is 4.99 Å². The second-order valence-corrected chi connectivity index (χ2v) is 7.51. The summed E-state index contributed by atoms with van der Waals surface area (Å²) < 4.78 is 44.9. The lowest BCUT2D eigenvalue weighted by Crippen LogP contribution is -2.46. The van der Waals surface area contributed by atoms with Crippen molar-refractivity contribution in [2.24, 2.45) is 4.99 Å². The summed E-state index contributed by atoms with van der Waals surface area (Å²) in [6.07, 6.45) is -6.42. The van der Waals surface area contributed by atoms with E-state index < -0.39 is 24.4 Å². The second-order valence-electron chi connectivity index (χ2n) is 7.07. The maximum atomic E-state index is 13.2. The number of halogens is 4. The van der Waals surface area contributed by atoms with Crippen LogP contribution in [-0.4, -0.2) is 33.0 Å². The molecule has 0 spiro atoms. The predicted octanol–water partition coefficient (Wildman–Crippen LogP) is 4.83. The molecule has 0 radical (unpaired) electrons. The number of hydrogen-bond donors (Lipinski definition) is 2.